The second kappa shape index (κ2) is 10.9. The largest absolute Gasteiger partial charge is 0.385 e. The van der Waals surface area contributed by atoms with Gasteiger partial charge in [-0.15, -0.1) is 0 Å². The van der Waals surface area contributed by atoms with Crippen molar-refractivity contribution in [2.24, 2.45) is 0 Å². The van der Waals surface area contributed by atoms with Crippen LogP contribution in [0.5, 0.6) is 0 Å². The van der Waals surface area contributed by atoms with Crippen LogP contribution in [0.15, 0.2) is 24.3 Å². The molecule has 150 valence electrons. The van der Waals surface area contributed by atoms with Crippen molar-refractivity contribution in [2.75, 3.05) is 71.5 Å². The smallest absolute Gasteiger partial charge is 0.236 e. The molecule has 0 spiro atoms. The Hall–Kier alpha value is -2.12. The molecule has 0 saturated carbocycles. The summed E-state index contributed by atoms with van der Waals surface area (Å²) in [5.41, 5.74) is 2.46. The normalized spacial score (nSPS) is 14.5. The molecule has 2 rings (SSSR count). The predicted octanol–water partition coefficient (Wildman–Crippen LogP) is 0.728. The molecular formula is C20H32N4O3. The number of anilines is 1. The van der Waals surface area contributed by atoms with Crippen LogP contribution in [0.4, 0.5) is 5.69 Å². The zero-order chi connectivity index (χ0) is 19.6. The fourth-order valence-electron chi connectivity index (χ4n) is 3.17. The molecule has 2 amide bonds. The first kappa shape index (κ1) is 21.2. The molecule has 1 aliphatic heterocycles. The number of ether oxygens (including phenoxy) is 1. The van der Waals surface area contributed by atoms with Crippen LogP contribution in [0, 0.1) is 6.92 Å². The minimum Gasteiger partial charge on any atom is -0.385 e. The van der Waals surface area contributed by atoms with Crippen molar-refractivity contribution in [2.45, 2.75) is 13.3 Å². The molecule has 0 aromatic heterocycles. The lowest BCUT2D eigenvalue weighted by Crippen LogP contribution is -2.51. The molecule has 7 nitrogen and oxygen atoms in total. The second-order valence-electron chi connectivity index (χ2n) is 7.08. The number of likely N-dealkylation sites (N-methyl/N-ethyl adjacent to an activating group) is 1. The van der Waals surface area contributed by atoms with E-state index in [0.29, 0.717) is 26.2 Å². The van der Waals surface area contributed by atoms with Crippen LogP contribution in [0.25, 0.3) is 0 Å². The Bertz CT molecular complexity index is 615. The van der Waals surface area contributed by atoms with Crippen molar-refractivity contribution in [1.82, 2.24) is 15.1 Å². The Morgan fingerprint density at radius 3 is 2.59 bits per heavy atom. The standard InChI is InChI=1S/C20H32N4O3/c1-17-6-4-7-18(14-17)23-9-11-24(12-10-23)20(26)16-22(2)15-19(25)21-8-5-13-27-3/h4,6-7,14H,5,8-13,15-16H2,1-3H3,(H,21,25). The minimum atomic E-state index is -0.0642. The van der Waals surface area contributed by atoms with Gasteiger partial charge in [0.25, 0.3) is 0 Å². The van der Waals surface area contributed by atoms with Crippen LogP contribution in [0.3, 0.4) is 0 Å². The molecule has 1 aromatic carbocycles. The number of piperazine rings is 1. The van der Waals surface area contributed by atoms with E-state index >= 15 is 0 Å². The van der Waals surface area contributed by atoms with E-state index < -0.39 is 0 Å². The Morgan fingerprint density at radius 1 is 1.19 bits per heavy atom. The van der Waals surface area contributed by atoms with Gasteiger partial charge in [0.2, 0.25) is 11.8 Å². The van der Waals surface area contributed by atoms with Gasteiger partial charge >= 0.3 is 0 Å². The van der Waals surface area contributed by atoms with Gasteiger partial charge in [-0.25, -0.2) is 0 Å². The number of aryl methyl sites for hydroxylation is 1. The monoisotopic (exact) mass is 376 g/mol. The molecule has 27 heavy (non-hydrogen) atoms. The topological polar surface area (TPSA) is 65.1 Å². The van der Waals surface area contributed by atoms with Gasteiger partial charge in [-0.1, -0.05) is 12.1 Å². The molecule has 7 heteroatoms. The van der Waals surface area contributed by atoms with Gasteiger partial charge in [-0.05, 0) is 38.1 Å². The van der Waals surface area contributed by atoms with Gasteiger partial charge in [-0.3, -0.25) is 14.5 Å². The first-order valence-electron chi connectivity index (χ1n) is 9.53. The highest BCUT2D eigenvalue weighted by molar-refractivity contribution is 5.81. The Morgan fingerprint density at radius 2 is 1.93 bits per heavy atom. The zero-order valence-electron chi connectivity index (χ0n) is 16.7. The van der Waals surface area contributed by atoms with Crippen LogP contribution in [-0.2, 0) is 14.3 Å². The van der Waals surface area contributed by atoms with E-state index in [9.17, 15) is 9.59 Å². The fraction of sp³-hybridized carbons (Fsp3) is 0.600. The maximum atomic E-state index is 12.5. The van der Waals surface area contributed by atoms with E-state index in [1.54, 1.807) is 19.1 Å². The molecule has 1 N–H and O–H groups in total. The molecule has 1 fully saturated rings. The number of hydrogen-bond donors (Lipinski definition) is 1. The van der Waals surface area contributed by atoms with E-state index in [2.05, 4.69) is 41.4 Å². The summed E-state index contributed by atoms with van der Waals surface area (Å²) in [6.07, 6.45) is 0.788. The van der Waals surface area contributed by atoms with Crippen LogP contribution >= 0.6 is 0 Å². The quantitative estimate of drug-likeness (QED) is 0.644. The SMILES string of the molecule is COCCCNC(=O)CN(C)CC(=O)N1CCN(c2cccc(C)c2)CC1. The summed E-state index contributed by atoms with van der Waals surface area (Å²) >= 11 is 0. The third-order valence-electron chi connectivity index (χ3n) is 4.67. The van der Waals surface area contributed by atoms with Crippen LogP contribution in [-0.4, -0.2) is 88.2 Å². The van der Waals surface area contributed by atoms with E-state index in [1.807, 2.05) is 4.90 Å². The third-order valence-corrected chi connectivity index (χ3v) is 4.67. The molecular weight excluding hydrogens is 344 g/mol. The van der Waals surface area contributed by atoms with E-state index in [4.69, 9.17) is 4.74 Å². The average Bonchev–Trinajstić information content (AvgIpc) is 2.65. The number of hydrogen-bond acceptors (Lipinski definition) is 5. The van der Waals surface area contributed by atoms with Crippen molar-refractivity contribution >= 4 is 17.5 Å². The first-order valence-corrected chi connectivity index (χ1v) is 9.53. The molecule has 0 unspecified atom stereocenters. The maximum absolute atomic E-state index is 12.5. The Kier molecular flexibility index (Phi) is 8.54. The number of nitrogens with one attached hydrogen (secondary N) is 1. The molecule has 0 atom stereocenters. The predicted molar refractivity (Wildman–Crippen MR) is 107 cm³/mol. The number of amides is 2. The van der Waals surface area contributed by atoms with Gasteiger partial charge in [-0.2, -0.15) is 0 Å². The van der Waals surface area contributed by atoms with Crippen LogP contribution < -0.4 is 10.2 Å². The molecule has 0 aliphatic carbocycles. The summed E-state index contributed by atoms with van der Waals surface area (Å²) in [4.78, 5) is 30.3. The number of benzene rings is 1. The lowest BCUT2D eigenvalue weighted by Gasteiger charge is -2.36. The van der Waals surface area contributed by atoms with Crippen molar-refractivity contribution < 1.29 is 14.3 Å². The average molecular weight is 377 g/mol. The number of carbonyl (C=O) groups is 2. The van der Waals surface area contributed by atoms with Gasteiger partial charge in [0.1, 0.15) is 0 Å². The lowest BCUT2D eigenvalue weighted by atomic mass is 10.2. The Labute approximate surface area is 162 Å². The fourth-order valence-corrected chi connectivity index (χ4v) is 3.17. The number of methoxy groups -OCH3 is 1. The first-order chi connectivity index (χ1) is 13.0. The van der Waals surface area contributed by atoms with E-state index in [-0.39, 0.29) is 24.9 Å². The molecule has 1 aromatic rings. The summed E-state index contributed by atoms with van der Waals surface area (Å²) in [6.45, 7) is 6.88. The number of nitrogens with zero attached hydrogens (tertiary/aromatic N) is 3. The third kappa shape index (κ3) is 7.19. The highest BCUT2D eigenvalue weighted by Crippen LogP contribution is 2.17. The minimum absolute atomic E-state index is 0.0642. The summed E-state index contributed by atoms with van der Waals surface area (Å²) in [7, 11) is 3.44. The van der Waals surface area contributed by atoms with Gasteiger partial charge < -0.3 is 19.9 Å². The van der Waals surface area contributed by atoms with Gasteiger partial charge in [0.15, 0.2) is 0 Å². The van der Waals surface area contributed by atoms with E-state index in [1.165, 1.54) is 11.3 Å². The second-order valence-corrected chi connectivity index (χ2v) is 7.08. The van der Waals surface area contributed by atoms with Crippen molar-refractivity contribution in [3.63, 3.8) is 0 Å². The number of carbonyl (C=O) groups excluding carboxylic acids is 2. The van der Waals surface area contributed by atoms with Gasteiger partial charge in [0.05, 0.1) is 13.1 Å². The molecule has 1 heterocycles. The zero-order valence-corrected chi connectivity index (χ0v) is 16.7. The van der Waals surface area contributed by atoms with E-state index in [0.717, 1.165) is 19.5 Å². The van der Waals surface area contributed by atoms with Crippen molar-refractivity contribution in [3.8, 4) is 0 Å². The van der Waals surface area contributed by atoms with Crippen molar-refractivity contribution in [3.05, 3.63) is 29.8 Å². The summed E-state index contributed by atoms with van der Waals surface area (Å²) in [5.74, 6) is 0.0132. The highest BCUT2D eigenvalue weighted by atomic mass is 16.5. The van der Waals surface area contributed by atoms with Crippen molar-refractivity contribution in [1.29, 1.82) is 0 Å². The van der Waals surface area contributed by atoms with Crippen LogP contribution in [0.2, 0.25) is 0 Å². The number of rotatable bonds is 9. The molecule has 0 bridgehead atoms. The lowest BCUT2D eigenvalue weighted by molar-refractivity contribution is -0.133. The maximum Gasteiger partial charge on any atom is 0.236 e. The summed E-state index contributed by atoms with van der Waals surface area (Å²) in [5, 5.41) is 2.84. The highest BCUT2D eigenvalue weighted by Gasteiger charge is 2.22. The summed E-state index contributed by atoms with van der Waals surface area (Å²) in [6, 6.07) is 8.45. The molecule has 1 aliphatic rings. The van der Waals surface area contributed by atoms with Gasteiger partial charge in [0, 0.05) is 52.1 Å². The summed E-state index contributed by atoms with van der Waals surface area (Å²) < 4.78 is 4.95. The van der Waals surface area contributed by atoms with Crippen LogP contribution in [0.1, 0.15) is 12.0 Å². The Balaban J connectivity index is 1.70. The molecule has 0 radical (unpaired) electrons. The molecule has 1 saturated heterocycles.